The summed E-state index contributed by atoms with van der Waals surface area (Å²) in [7, 11) is 0. The van der Waals surface area contributed by atoms with Crippen molar-refractivity contribution in [1.82, 2.24) is 0 Å². The van der Waals surface area contributed by atoms with E-state index in [1.54, 1.807) is 41.5 Å². The van der Waals surface area contributed by atoms with E-state index in [1.807, 2.05) is 0 Å². The Hall–Kier alpha value is -1.14. The van der Waals surface area contributed by atoms with Gasteiger partial charge in [0.25, 0.3) is 0 Å². The number of rotatable bonds is 6. The highest BCUT2D eigenvalue weighted by atomic mass is 16.6. The summed E-state index contributed by atoms with van der Waals surface area (Å²) in [5, 5.41) is 0. The molecule has 0 heterocycles. The molecular weight excluding hydrogens is 248 g/mol. The first-order valence-electron chi connectivity index (χ1n) is 6.33. The molecule has 19 heavy (non-hydrogen) atoms. The van der Waals surface area contributed by atoms with Gasteiger partial charge < -0.3 is 20.9 Å². The number of carbonyl (C=O) groups is 2. The Morgan fingerprint density at radius 3 is 1.37 bits per heavy atom. The van der Waals surface area contributed by atoms with Crippen molar-refractivity contribution in [3.8, 4) is 0 Å². The minimum Gasteiger partial charge on any atom is -0.458 e. The Morgan fingerprint density at radius 1 is 0.895 bits per heavy atom. The third-order valence-electron chi connectivity index (χ3n) is 2.35. The van der Waals surface area contributed by atoms with E-state index >= 15 is 0 Å². The molecule has 6 heteroatoms. The molecule has 4 N–H and O–H groups in total. The SMILES string of the molecule is CC(N)C(=O)OC(C)(C)CC(C)(C)OC(=O)C(C)N. The van der Waals surface area contributed by atoms with Crippen LogP contribution in [0.4, 0.5) is 0 Å². The Bertz CT molecular complexity index is 304. The lowest BCUT2D eigenvalue weighted by Crippen LogP contribution is -2.44. The van der Waals surface area contributed by atoms with Crippen molar-refractivity contribution < 1.29 is 19.1 Å². The molecule has 2 atom stereocenters. The second kappa shape index (κ2) is 6.34. The summed E-state index contributed by atoms with van der Waals surface area (Å²) < 4.78 is 10.6. The van der Waals surface area contributed by atoms with Crippen molar-refractivity contribution in [3.63, 3.8) is 0 Å². The predicted molar refractivity (Wildman–Crippen MR) is 72.3 cm³/mol. The highest BCUT2D eigenvalue weighted by molar-refractivity contribution is 5.76. The van der Waals surface area contributed by atoms with Crippen molar-refractivity contribution >= 4 is 11.9 Å². The molecule has 0 aliphatic heterocycles. The quantitative estimate of drug-likeness (QED) is 0.691. The first-order chi connectivity index (χ1) is 8.36. The highest BCUT2D eigenvalue weighted by Gasteiger charge is 2.35. The van der Waals surface area contributed by atoms with E-state index in [-0.39, 0.29) is 0 Å². The van der Waals surface area contributed by atoms with Crippen molar-refractivity contribution in [2.45, 2.75) is 71.2 Å². The van der Waals surface area contributed by atoms with Gasteiger partial charge in [-0.05, 0) is 41.5 Å². The minimum absolute atomic E-state index is 0.344. The van der Waals surface area contributed by atoms with Gasteiger partial charge in [0.1, 0.15) is 23.3 Å². The van der Waals surface area contributed by atoms with Crippen molar-refractivity contribution in [3.05, 3.63) is 0 Å². The van der Waals surface area contributed by atoms with E-state index < -0.39 is 35.2 Å². The molecule has 0 aromatic carbocycles. The molecular formula is C13H26N2O4. The van der Waals surface area contributed by atoms with Gasteiger partial charge >= 0.3 is 11.9 Å². The first kappa shape index (κ1) is 17.9. The van der Waals surface area contributed by atoms with Crippen LogP contribution in [0.2, 0.25) is 0 Å². The molecule has 6 nitrogen and oxygen atoms in total. The van der Waals surface area contributed by atoms with E-state index in [9.17, 15) is 9.59 Å². The molecule has 0 saturated heterocycles. The molecule has 0 aromatic rings. The van der Waals surface area contributed by atoms with Gasteiger partial charge in [-0.2, -0.15) is 0 Å². The Labute approximate surface area is 114 Å². The number of ether oxygens (including phenoxy) is 2. The molecule has 0 spiro atoms. The van der Waals surface area contributed by atoms with Gasteiger partial charge in [0, 0.05) is 6.42 Å². The van der Waals surface area contributed by atoms with Crippen LogP contribution in [-0.4, -0.2) is 35.2 Å². The monoisotopic (exact) mass is 274 g/mol. The van der Waals surface area contributed by atoms with Gasteiger partial charge in [-0.3, -0.25) is 9.59 Å². The molecule has 0 aromatic heterocycles. The largest absolute Gasteiger partial charge is 0.458 e. The summed E-state index contributed by atoms with van der Waals surface area (Å²) in [4.78, 5) is 23.0. The van der Waals surface area contributed by atoms with E-state index in [2.05, 4.69) is 0 Å². The minimum atomic E-state index is -0.785. The van der Waals surface area contributed by atoms with Gasteiger partial charge in [0.2, 0.25) is 0 Å². The van der Waals surface area contributed by atoms with Gasteiger partial charge in [-0.1, -0.05) is 0 Å². The second-order valence-corrected chi connectivity index (χ2v) is 6.12. The molecule has 0 rings (SSSR count). The first-order valence-corrected chi connectivity index (χ1v) is 6.33. The van der Waals surface area contributed by atoms with Crippen LogP contribution in [0.25, 0.3) is 0 Å². The summed E-state index contributed by atoms with van der Waals surface area (Å²) in [6.07, 6.45) is 0.344. The molecule has 0 fully saturated rings. The summed E-state index contributed by atoms with van der Waals surface area (Å²) >= 11 is 0. The van der Waals surface area contributed by atoms with Gasteiger partial charge in [0.05, 0.1) is 0 Å². The van der Waals surface area contributed by atoms with Crippen molar-refractivity contribution in [1.29, 1.82) is 0 Å². The maximum absolute atomic E-state index is 11.5. The van der Waals surface area contributed by atoms with E-state index in [1.165, 1.54) is 0 Å². The fraction of sp³-hybridized carbons (Fsp3) is 0.846. The fourth-order valence-corrected chi connectivity index (χ4v) is 1.83. The smallest absolute Gasteiger partial charge is 0.323 e. The van der Waals surface area contributed by atoms with E-state index in [0.717, 1.165) is 0 Å². The zero-order chi connectivity index (χ0) is 15.4. The second-order valence-electron chi connectivity index (χ2n) is 6.12. The van der Waals surface area contributed by atoms with Crippen molar-refractivity contribution in [2.24, 2.45) is 11.5 Å². The summed E-state index contributed by atoms with van der Waals surface area (Å²) in [6, 6.07) is -1.37. The summed E-state index contributed by atoms with van der Waals surface area (Å²) in [5.41, 5.74) is 9.33. The number of esters is 2. The zero-order valence-electron chi connectivity index (χ0n) is 12.6. The molecule has 0 radical (unpaired) electrons. The van der Waals surface area contributed by atoms with Gasteiger partial charge in [0.15, 0.2) is 0 Å². The van der Waals surface area contributed by atoms with Crippen LogP contribution in [0.15, 0.2) is 0 Å². The van der Waals surface area contributed by atoms with Crippen LogP contribution < -0.4 is 11.5 Å². The molecule has 112 valence electrons. The lowest BCUT2D eigenvalue weighted by Gasteiger charge is -2.35. The predicted octanol–water partition coefficient (Wildman–Crippen LogP) is 0.715. The molecule has 0 aliphatic rings. The lowest BCUT2D eigenvalue weighted by molar-refractivity contribution is -0.171. The Morgan fingerprint density at radius 2 is 1.16 bits per heavy atom. The topological polar surface area (TPSA) is 105 Å². The zero-order valence-corrected chi connectivity index (χ0v) is 12.6. The lowest BCUT2D eigenvalue weighted by atomic mass is 9.92. The number of hydrogen-bond donors (Lipinski definition) is 2. The van der Waals surface area contributed by atoms with Gasteiger partial charge in [-0.15, -0.1) is 0 Å². The summed E-state index contributed by atoms with van der Waals surface area (Å²) in [6.45, 7) is 10.1. The Balaban J connectivity index is 4.62. The molecule has 0 aliphatic carbocycles. The number of hydrogen-bond acceptors (Lipinski definition) is 6. The normalized spacial score (nSPS) is 15.6. The molecule has 0 amide bonds. The van der Waals surface area contributed by atoms with Crippen LogP contribution in [0.1, 0.15) is 48.0 Å². The van der Waals surface area contributed by atoms with E-state index in [4.69, 9.17) is 20.9 Å². The molecule has 0 bridgehead atoms. The average molecular weight is 274 g/mol. The van der Waals surface area contributed by atoms with Crippen LogP contribution in [-0.2, 0) is 19.1 Å². The van der Waals surface area contributed by atoms with Gasteiger partial charge in [-0.25, -0.2) is 0 Å². The van der Waals surface area contributed by atoms with Crippen molar-refractivity contribution in [2.75, 3.05) is 0 Å². The fourth-order valence-electron chi connectivity index (χ4n) is 1.83. The summed E-state index contributed by atoms with van der Waals surface area (Å²) in [5.74, 6) is -0.973. The van der Waals surface area contributed by atoms with Crippen LogP contribution in [0.3, 0.4) is 0 Å². The highest BCUT2D eigenvalue weighted by Crippen LogP contribution is 2.27. The maximum atomic E-state index is 11.5. The number of nitrogens with two attached hydrogens (primary N) is 2. The standard InChI is InChI=1S/C13H26N2O4/c1-8(14)10(16)18-12(3,4)7-13(5,6)19-11(17)9(2)15/h8-9H,7,14-15H2,1-6H3. The average Bonchev–Trinajstić information content (AvgIpc) is 2.13. The maximum Gasteiger partial charge on any atom is 0.323 e. The number of carbonyl (C=O) groups excluding carboxylic acids is 2. The third kappa shape index (κ3) is 7.12. The molecule has 2 unspecified atom stereocenters. The third-order valence-corrected chi connectivity index (χ3v) is 2.35. The Kier molecular flexibility index (Phi) is 5.96. The molecule has 0 saturated carbocycles. The van der Waals surface area contributed by atoms with Crippen LogP contribution >= 0.6 is 0 Å². The van der Waals surface area contributed by atoms with Crippen LogP contribution in [0.5, 0.6) is 0 Å². The van der Waals surface area contributed by atoms with Crippen LogP contribution in [0, 0.1) is 0 Å². The van der Waals surface area contributed by atoms with E-state index in [0.29, 0.717) is 6.42 Å².